The summed E-state index contributed by atoms with van der Waals surface area (Å²) in [7, 11) is 0. The summed E-state index contributed by atoms with van der Waals surface area (Å²) >= 11 is 0. The van der Waals surface area contributed by atoms with Crippen LogP contribution in [0, 0.1) is 11.3 Å². The fraction of sp³-hybridized carbons (Fsp3) is 0.167. The minimum Gasteiger partial charge on any atom is -0.491 e. The average Bonchev–Trinajstić information content (AvgIpc) is 2.56. The number of rotatable bonds is 4. The first kappa shape index (κ1) is 17.0. The van der Waals surface area contributed by atoms with Crippen molar-refractivity contribution in [3.63, 3.8) is 0 Å². The van der Waals surface area contributed by atoms with Gasteiger partial charge < -0.3 is 15.4 Å². The maximum absolute atomic E-state index is 11.9. The van der Waals surface area contributed by atoms with Crippen LogP contribution in [0.1, 0.15) is 19.4 Å². The number of hydrogen-bond donors (Lipinski definition) is 2. The molecule has 0 unspecified atom stereocenters. The van der Waals surface area contributed by atoms with Crippen LogP contribution in [0.15, 0.2) is 48.5 Å². The largest absolute Gasteiger partial charge is 0.491 e. The fourth-order valence-corrected chi connectivity index (χ4v) is 1.89. The molecule has 6 nitrogen and oxygen atoms in total. The molecule has 0 spiro atoms. The SMILES string of the molecule is CC(C)Oc1ccc(NC(=O)C(=O)Nc2ccc(C#N)cc2)cc1. The Morgan fingerprint density at radius 2 is 1.38 bits per heavy atom. The van der Waals surface area contributed by atoms with Crippen LogP contribution in [0.4, 0.5) is 11.4 Å². The Morgan fingerprint density at radius 1 is 0.917 bits per heavy atom. The molecular weight excluding hydrogens is 306 g/mol. The highest BCUT2D eigenvalue weighted by Crippen LogP contribution is 2.17. The second-order valence-electron chi connectivity index (χ2n) is 5.29. The number of anilines is 2. The number of benzene rings is 2. The van der Waals surface area contributed by atoms with Crippen molar-refractivity contribution in [1.82, 2.24) is 0 Å². The van der Waals surface area contributed by atoms with Crippen LogP contribution in [0.25, 0.3) is 0 Å². The number of carbonyl (C=O) groups is 2. The third kappa shape index (κ3) is 4.85. The van der Waals surface area contributed by atoms with Crippen LogP contribution in [0.5, 0.6) is 5.75 Å². The molecule has 0 heterocycles. The van der Waals surface area contributed by atoms with Gasteiger partial charge in [-0.05, 0) is 62.4 Å². The van der Waals surface area contributed by atoms with Gasteiger partial charge in [-0.15, -0.1) is 0 Å². The van der Waals surface area contributed by atoms with Gasteiger partial charge in [0.25, 0.3) is 0 Å². The lowest BCUT2D eigenvalue weighted by atomic mass is 10.2. The summed E-state index contributed by atoms with van der Waals surface area (Å²) in [6, 6.07) is 15.0. The van der Waals surface area contributed by atoms with E-state index in [-0.39, 0.29) is 6.10 Å². The Bertz CT molecular complexity index is 760. The van der Waals surface area contributed by atoms with Crippen LogP contribution in [0.3, 0.4) is 0 Å². The summed E-state index contributed by atoms with van der Waals surface area (Å²) in [5, 5.41) is 13.7. The molecule has 2 N–H and O–H groups in total. The quantitative estimate of drug-likeness (QED) is 0.846. The lowest BCUT2D eigenvalue weighted by Gasteiger charge is -2.10. The molecule has 0 atom stereocenters. The Kier molecular flexibility index (Phi) is 5.53. The van der Waals surface area contributed by atoms with E-state index in [2.05, 4.69) is 10.6 Å². The number of hydrogen-bond acceptors (Lipinski definition) is 4. The molecule has 2 rings (SSSR count). The van der Waals surface area contributed by atoms with Crippen molar-refractivity contribution in [2.75, 3.05) is 10.6 Å². The van der Waals surface area contributed by atoms with Crippen molar-refractivity contribution in [3.05, 3.63) is 54.1 Å². The summed E-state index contributed by atoms with van der Waals surface area (Å²) in [4.78, 5) is 23.8. The molecule has 0 aromatic heterocycles. The van der Waals surface area contributed by atoms with Crippen LogP contribution in [-0.2, 0) is 9.59 Å². The second-order valence-corrected chi connectivity index (χ2v) is 5.29. The lowest BCUT2D eigenvalue weighted by Crippen LogP contribution is -2.29. The molecule has 2 aromatic carbocycles. The van der Waals surface area contributed by atoms with Gasteiger partial charge in [0.05, 0.1) is 17.7 Å². The molecule has 122 valence electrons. The van der Waals surface area contributed by atoms with E-state index in [0.717, 1.165) is 0 Å². The Hall–Kier alpha value is -3.33. The summed E-state index contributed by atoms with van der Waals surface area (Å²) in [6.07, 6.45) is 0.0589. The van der Waals surface area contributed by atoms with Crippen molar-refractivity contribution >= 4 is 23.2 Å². The van der Waals surface area contributed by atoms with E-state index >= 15 is 0 Å². The van der Waals surface area contributed by atoms with Crippen LogP contribution in [0.2, 0.25) is 0 Å². The molecule has 0 fully saturated rings. The maximum atomic E-state index is 11.9. The van der Waals surface area contributed by atoms with Gasteiger partial charge in [0.15, 0.2) is 0 Å². The first-order valence-electron chi connectivity index (χ1n) is 7.37. The molecule has 0 radical (unpaired) electrons. The molecule has 0 aliphatic carbocycles. The zero-order valence-electron chi connectivity index (χ0n) is 13.4. The maximum Gasteiger partial charge on any atom is 0.314 e. The molecule has 24 heavy (non-hydrogen) atoms. The van der Waals surface area contributed by atoms with Crippen LogP contribution < -0.4 is 15.4 Å². The molecule has 0 saturated heterocycles. The van der Waals surface area contributed by atoms with E-state index in [1.54, 1.807) is 48.5 Å². The van der Waals surface area contributed by atoms with Gasteiger partial charge in [0, 0.05) is 11.4 Å². The molecule has 6 heteroatoms. The van der Waals surface area contributed by atoms with Gasteiger partial charge in [0.1, 0.15) is 5.75 Å². The normalized spacial score (nSPS) is 9.92. The number of nitriles is 1. The Morgan fingerprint density at radius 3 is 1.79 bits per heavy atom. The molecule has 2 aromatic rings. The number of ether oxygens (including phenoxy) is 1. The van der Waals surface area contributed by atoms with E-state index in [1.807, 2.05) is 19.9 Å². The predicted molar refractivity (Wildman–Crippen MR) is 90.6 cm³/mol. The smallest absolute Gasteiger partial charge is 0.314 e. The van der Waals surface area contributed by atoms with Crippen molar-refractivity contribution in [2.24, 2.45) is 0 Å². The summed E-state index contributed by atoms with van der Waals surface area (Å²) < 4.78 is 5.50. The fourth-order valence-electron chi connectivity index (χ4n) is 1.89. The van der Waals surface area contributed by atoms with Gasteiger partial charge in [-0.2, -0.15) is 5.26 Å². The second kappa shape index (κ2) is 7.79. The molecule has 0 aliphatic rings. The zero-order chi connectivity index (χ0) is 17.5. The monoisotopic (exact) mass is 323 g/mol. The Balaban J connectivity index is 1.93. The number of nitrogens with zero attached hydrogens (tertiary/aromatic N) is 1. The van der Waals surface area contributed by atoms with E-state index < -0.39 is 11.8 Å². The Labute approximate surface area is 140 Å². The molecule has 0 aliphatic heterocycles. The van der Waals surface area contributed by atoms with E-state index in [1.165, 1.54) is 0 Å². The minimum absolute atomic E-state index is 0.0589. The van der Waals surface area contributed by atoms with Crippen molar-refractivity contribution in [3.8, 4) is 11.8 Å². The van der Waals surface area contributed by atoms with Gasteiger partial charge in [-0.1, -0.05) is 0 Å². The molecule has 0 bridgehead atoms. The zero-order valence-corrected chi connectivity index (χ0v) is 13.4. The van der Waals surface area contributed by atoms with E-state index in [4.69, 9.17) is 10.00 Å². The van der Waals surface area contributed by atoms with Crippen molar-refractivity contribution in [1.29, 1.82) is 5.26 Å². The lowest BCUT2D eigenvalue weighted by molar-refractivity contribution is -0.132. The van der Waals surface area contributed by atoms with Crippen LogP contribution in [-0.4, -0.2) is 17.9 Å². The van der Waals surface area contributed by atoms with Gasteiger partial charge in [0.2, 0.25) is 0 Å². The molecule has 2 amide bonds. The predicted octanol–water partition coefficient (Wildman–Crippen LogP) is 2.92. The molecular formula is C18H17N3O3. The van der Waals surface area contributed by atoms with E-state index in [0.29, 0.717) is 22.7 Å². The average molecular weight is 323 g/mol. The first-order valence-corrected chi connectivity index (χ1v) is 7.37. The first-order chi connectivity index (χ1) is 11.5. The van der Waals surface area contributed by atoms with E-state index in [9.17, 15) is 9.59 Å². The van der Waals surface area contributed by atoms with Crippen molar-refractivity contribution in [2.45, 2.75) is 20.0 Å². The topological polar surface area (TPSA) is 91.2 Å². The third-order valence-corrected chi connectivity index (χ3v) is 2.96. The highest BCUT2D eigenvalue weighted by atomic mass is 16.5. The summed E-state index contributed by atoms with van der Waals surface area (Å²) in [5.74, 6) is -0.885. The number of amides is 2. The minimum atomic E-state index is -0.790. The van der Waals surface area contributed by atoms with Gasteiger partial charge in [-0.25, -0.2) is 0 Å². The number of nitrogens with one attached hydrogen (secondary N) is 2. The highest BCUT2D eigenvalue weighted by Gasteiger charge is 2.14. The van der Waals surface area contributed by atoms with Crippen LogP contribution >= 0.6 is 0 Å². The molecule has 0 saturated carbocycles. The van der Waals surface area contributed by atoms with Gasteiger partial charge >= 0.3 is 11.8 Å². The van der Waals surface area contributed by atoms with Gasteiger partial charge in [-0.3, -0.25) is 9.59 Å². The summed E-state index contributed by atoms with van der Waals surface area (Å²) in [6.45, 7) is 3.84. The summed E-state index contributed by atoms with van der Waals surface area (Å²) in [5.41, 5.74) is 1.40. The standard InChI is InChI=1S/C18H17N3O3/c1-12(2)24-16-9-7-15(8-10-16)21-18(23)17(22)20-14-5-3-13(11-19)4-6-14/h3-10,12H,1-2H3,(H,20,22)(H,21,23). The third-order valence-electron chi connectivity index (χ3n) is 2.96. The van der Waals surface area contributed by atoms with Crippen molar-refractivity contribution < 1.29 is 14.3 Å². The number of carbonyl (C=O) groups excluding carboxylic acids is 2. The highest BCUT2D eigenvalue weighted by molar-refractivity contribution is 6.43.